The van der Waals surface area contributed by atoms with Gasteiger partial charge in [-0.3, -0.25) is 19.4 Å². The van der Waals surface area contributed by atoms with Crippen LogP contribution in [0.3, 0.4) is 0 Å². The van der Waals surface area contributed by atoms with Gasteiger partial charge in [0.25, 0.3) is 11.5 Å². The Balaban J connectivity index is 1.98. The molecule has 3 heterocycles. The highest BCUT2D eigenvalue weighted by Gasteiger charge is 2.18. The zero-order chi connectivity index (χ0) is 23.3. The van der Waals surface area contributed by atoms with Gasteiger partial charge in [0.15, 0.2) is 0 Å². The number of hydrogen-bond acceptors (Lipinski definition) is 4. The lowest BCUT2D eigenvalue weighted by molar-refractivity contribution is 0.0950. The first-order valence-corrected chi connectivity index (χ1v) is 11.7. The fraction of sp³-hybridized carbons (Fsp3) is 0.520. The van der Waals surface area contributed by atoms with Crippen LogP contribution < -0.4 is 16.4 Å². The molecule has 32 heavy (non-hydrogen) atoms. The molecular formula is C25H35N5O2. The fourth-order valence-corrected chi connectivity index (χ4v) is 4.01. The van der Waals surface area contributed by atoms with Crippen molar-refractivity contribution in [1.82, 2.24) is 19.3 Å². The summed E-state index contributed by atoms with van der Waals surface area (Å²) in [5.41, 5.74) is 2.00. The molecule has 0 saturated heterocycles. The van der Waals surface area contributed by atoms with E-state index in [-0.39, 0.29) is 28.4 Å². The Morgan fingerprint density at radius 3 is 2.59 bits per heavy atom. The van der Waals surface area contributed by atoms with Gasteiger partial charge < -0.3 is 9.88 Å². The van der Waals surface area contributed by atoms with Gasteiger partial charge in [0.2, 0.25) is 0 Å². The second-order valence-corrected chi connectivity index (χ2v) is 8.97. The van der Waals surface area contributed by atoms with E-state index in [1.165, 1.54) is 36.2 Å². The number of hydrogen-bond donors (Lipinski definition) is 2. The van der Waals surface area contributed by atoms with Gasteiger partial charge in [-0.1, -0.05) is 58.9 Å². The quantitative estimate of drug-likeness (QED) is 0.368. The molecule has 0 aliphatic rings. The monoisotopic (exact) mass is 437 g/mol. The van der Waals surface area contributed by atoms with Gasteiger partial charge in [-0.25, -0.2) is 4.98 Å². The standard InChI is InChI=1S/C25H35N5O2/c1-5-6-7-8-9-10-13-27-24(31)19-15-20-23(30(21(19)26)16-17(2)3)28-22-18(4)12-11-14-29(22)25(20)32/h11-12,14-15,17,26H,5-10,13,16H2,1-4H3,(H,27,31). The molecule has 0 bridgehead atoms. The predicted molar refractivity (Wildman–Crippen MR) is 128 cm³/mol. The largest absolute Gasteiger partial charge is 0.352 e. The number of nitrogens with zero attached hydrogens (tertiary/aromatic N) is 3. The predicted octanol–water partition coefficient (Wildman–Crippen LogP) is 4.18. The van der Waals surface area contributed by atoms with Gasteiger partial charge in [0.1, 0.15) is 16.8 Å². The van der Waals surface area contributed by atoms with Crippen molar-refractivity contribution in [3.8, 4) is 0 Å². The number of pyridine rings is 2. The van der Waals surface area contributed by atoms with E-state index in [0.717, 1.165) is 18.4 Å². The summed E-state index contributed by atoms with van der Waals surface area (Å²) in [6.45, 7) is 9.26. The lowest BCUT2D eigenvalue weighted by atomic mass is 10.1. The van der Waals surface area contributed by atoms with Crippen LogP contribution in [0.1, 0.15) is 75.2 Å². The van der Waals surface area contributed by atoms with Gasteiger partial charge >= 0.3 is 0 Å². The molecule has 0 fully saturated rings. The lowest BCUT2D eigenvalue weighted by Crippen LogP contribution is -2.36. The molecule has 0 aliphatic heterocycles. The third-order valence-electron chi connectivity index (χ3n) is 5.74. The maximum absolute atomic E-state index is 13.3. The zero-order valence-electron chi connectivity index (χ0n) is 19.7. The van der Waals surface area contributed by atoms with Crippen molar-refractivity contribution >= 4 is 22.6 Å². The number of unbranched alkanes of at least 4 members (excludes halogenated alkanes) is 5. The lowest BCUT2D eigenvalue weighted by Gasteiger charge is -2.16. The highest BCUT2D eigenvalue weighted by Crippen LogP contribution is 2.14. The minimum atomic E-state index is -0.309. The molecule has 0 radical (unpaired) electrons. The van der Waals surface area contributed by atoms with E-state index in [2.05, 4.69) is 12.2 Å². The first kappa shape index (κ1) is 23.7. The number of amides is 1. The smallest absolute Gasteiger partial charge is 0.267 e. The Hall–Kier alpha value is -2.96. The molecule has 3 aromatic rings. The van der Waals surface area contributed by atoms with Gasteiger partial charge in [0, 0.05) is 19.3 Å². The van der Waals surface area contributed by atoms with Crippen LogP contribution in [0.25, 0.3) is 16.7 Å². The fourth-order valence-electron chi connectivity index (χ4n) is 4.01. The molecule has 0 atom stereocenters. The molecule has 2 N–H and O–H groups in total. The van der Waals surface area contributed by atoms with E-state index < -0.39 is 0 Å². The van der Waals surface area contributed by atoms with E-state index in [0.29, 0.717) is 29.8 Å². The number of aryl methyl sites for hydroxylation is 1. The highest BCUT2D eigenvalue weighted by atomic mass is 16.1. The molecule has 1 amide bonds. The Labute approximate surface area is 189 Å². The molecule has 172 valence electrons. The molecule has 0 saturated carbocycles. The summed E-state index contributed by atoms with van der Waals surface area (Å²) in [7, 11) is 0. The summed E-state index contributed by atoms with van der Waals surface area (Å²) in [6.07, 6.45) is 8.55. The number of nitrogens with one attached hydrogen (secondary N) is 2. The molecule has 3 rings (SSSR count). The molecule has 0 aliphatic carbocycles. The number of carbonyl (C=O) groups excluding carboxylic acids is 1. The van der Waals surface area contributed by atoms with E-state index in [9.17, 15) is 9.59 Å². The average Bonchev–Trinajstić information content (AvgIpc) is 2.75. The first-order valence-electron chi connectivity index (χ1n) is 11.7. The zero-order valence-corrected chi connectivity index (χ0v) is 19.7. The van der Waals surface area contributed by atoms with Crippen molar-refractivity contribution in [2.45, 2.75) is 72.8 Å². The molecule has 7 nitrogen and oxygen atoms in total. The summed E-state index contributed by atoms with van der Waals surface area (Å²) in [5.74, 6) is -0.0810. The van der Waals surface area contributed by atoms with Crippen LogP contribution in [0, 0.1) is 18.3 Å². The third-order valence-corrected chi connectivity index (χ3v) is 5.74. The summed E-state index contributed by atoms with van der Waals surface area (Å²) < 4.78 is 3.21. The number of fused-ring (bicyclic) bond motifs is 2. The number of carbonyl (C=O) groups is 1. The molecular weight excluding hydrogens is 402 g/mol. The van der Waals surface area contributed by atoms with Crippen LogP contribution >= 0.6 is 0 Å². The highest BCUT2D eigenvalue weighted by molar-refractivity contribution is 5.96. The molecule has 0 spiro atoms. The van der Waals surface area contributed by atoms with Crippen LogP contribution in [-0.4, -0.2) is 26.4 Å². The van der Waals surface area contributed by atoms with Crippen LogP contribution in [-0.2, 0) is 6.54 Å². The Morgan fingerprint density at radius 1 is 1.16 bits per heavy atom. The maximum atomic E-state index is 13.3. The minimum Gasteiger partial charge on any atom is -0.352 e. The topological polar surface area (TPSA) is 92.2 Å². The van der Waals surface area contributed by atoms with E-state index in [1.807, 2.05) is 32.9 Å². The minimum absolute atomic E-state index is 0.0940. The Bertz CT molecular complexity index is 1220. The molecule has 0 unspecified atom stereocenters. The van der Waals surface area contributed by atoms with E-state index in [1.54, 1.807) is 10.8 Å². The summed E-state index contributed by atoms with van der Waals surface area (Å²) >= 11 is 0. The van der Waals surface area contributed by atoms with Crippen LogP contribution in [0.4, 0.5) is 0 Å². The van der Waals surface area contributed by atoms with Gasteiger partial charge in [-0.05, 0) is 37.0 Å². The number of aromatic nitrogens is 3. The normalized spacial score (nSPS) is 11.5. The van der Waals surface area contributed by atoms with Crippen molar-refractivity contribution in [3.63, 3.8) is 0 Å². The molecule has 0 aromatic carbocycles. The van der Waals surface area contributed by atoms with Crippen LogP contribution in [0.5, 0.6) is 0 Å². The Morgan fingerprint density at radius 2 is 1.88 bits per heavy atom. The van der Waals surface area contributed by atoms with Gasteiger partial charge in [-0.2, -0.15) is 0 Å². The first-order chi connectivity index (χ1) is 15.3. The van der Waals surface area contributed by atoms with Crippen molar-refractivity contribution in [1.29, 1.82) is 5.41 Å². The Kier molecular flexibility index (Phi) is 7.83. The average molecular weight is 438 g/mol. The SMILES string of the molecule is CCCCCCCCNC(=O)c1cc2c(=O)n3cccc(C)c3nc2n(CC(C)C)c1=N. The van der Waals surface area contributed by atoms with Crippen LogP contribution in [0.15, 0.2) is 29.2 Å². The van der Waals surface area contributed by atoms with E-state index in [4.69, 9.17) is 10.4 Å². The van der Waals surface area contributed by atoms with Gasteiger partial charge in [-0.15, -0.1) is 0 Å². The third kappa shape index (κ3) is 5.09. The van der Waals surface area contributed by atoms with Crippen molar-refractivity contribution in [2.75, 3.05) is 6.54 Å². The second kappa shape index (κ2) is 10.6. The maximum Gasteiger partial charge on any atom is 0.267 e. The summed E-state index contributed by atoms with van der Waals surface area (Å²) in [6, 6.07) is 5.26. The number of rotatable bonds is 10. The molecule has 3 aromatic heterocycles. The second-order valence-electron chi connectivity index (χ2n) is 8.97. The van der Waals surface area contributed by atoms with Crippen LogP contribution in [0.2, 0.25) is 0 Å². The molecule has 7 heteroatoms. The summed E-state index contributed by atoms with van der Waals surface area (Å²) in [4.78, 5) is 30.9. The summed E-state index contributed by atoms with van der Waals surface area (Å²) in [5, 5.41) is 12.0. The van der Waals surface area contributed by atoms with Crippen molar-refractivity contribution < 1.29 is 4.79 Å². The van der Waals surface area contributed by atoms with E-state index >= 15 is 0 Å². The van der Waals surface area contributed by atoms with Crippen molar-refractivity contribution in [3.05, 3.63) is 51.4 Å². The van der Waals surface area contributed by atoms with Gasteiger partial charge in [0.05, 0.1) is 10.9 Å². The van der Waals surface area contributed by atoms with Crippen molar-refractivity contribution in [2.24, 2.45) is 5.92 Å².